The molecule has 0 aromatic carbocycles. The summed E-state index contributed by atoms with van der Waals surface area (Å²) in [7, 11) is 0. The van der Waals surface area contributed by atoms with Gasteiger partial charge in [-0.25, -0.2) is 4.79 Å². The second-order valence-corrected chi connectivity index (χ2v) is 2.32. The molecule has 0 aliphatic rings. The Balaban J connectivity index is 0.000000845. The number of hydrogen-bond donors (Lipinski definition) is 1. The van der Waals surface area contributed by atoms with Crippen LogP contribution in [0.5, 0.6) is 0 Å². The van der Waals surface area contributed by atoms with Crippen molar-refractivity contribution in [1.29, 1.82) is 0 Å². The number of pyridine rings is 1. The molecule has 68 valence electrons. The summed E-state index contributed by atoms with van der Waals surface area (Å²) >= 11 is 0. The summed E-state index contributed by atoms with van der Waals surface area (Å²) in [5.41, 5.74) is 0.755. The molecule has 2 rings (SSSR count). The van der Waals surface area contributed by atoms with Crippen LogP contribution < -0.4 is 0 Å². The molecular formula is C7H7N3O3. The van der Waals surface area contributed by atoms with E-state index in [1.807, 2.05) is 0 Å². The summed E-state index contributed by atoms with van der Waals surface area (Å²) in [6, 6.07) is 2.97. The van der Waals surface area contributed by atoms with Crippen LogP contribution >= 0.6 is 0 Å². The second kappa shape index (κ2) is 3.20. The number of fused-ring (bicyclic) bond motifs is 1. The molecule has 0 atom stereocenters. The van der Waals surface area contributed by atoms with Gasteiger partial charge in [0.1, 0.15) is 6.33 Å². The highest BCUT2D eigenvalue weighted by atomic mass is 16.4. The van der Waals surface area contributed by atoms with Gasteiger partial charge in [-0.2, -0.15) is 0 Å². The van der Waals surface area contributed by atoms with Crippen LogP contribution in [-0.2, 0) is 0 Å². The van der Waals surface area contributed by atoms with Crippen LogP contribution in [0.4, 0.5) is 0 Å². The summed E-state index contributed by atoms with van der Waals surface area (Å²) in [6.07, 6.45) is 3.12. The minimum atomic E-state index is -0.958. The fraction of sp³-hybridized carbons (Fsp3) is 0. The number of nitrogens with zero attached hydrogens (tertiary/aromatic N) is 3. The highest BCUT2D eigenvalue weighted by Crippen LogP contribution is 2.03. The van der Waals surface area contributed by atoms with Crippen LogP contribution in [0.1, 0.15) is 10.4 Å². The molecule has 0 fully saturated rings. The van der Waals surface area contributed by atoms with Crippen molar-refractivity contribution in [2.24, 2.45) is 0 Å². The highest BCUT2D eigenvalue weighted by Gasteiger charge is 2.03. The van der Waals surface area contributed by atoms with Crippen molar-refractivity contribution in [2.45, 2.75) is 0 Å². The molecule has 0 spiro atoms. The zero-order valence-electron chi connectivity index (χ0n) is 6.51. The summed E-state index contributed by atoms with van der Waals surface area (Å²) < 4.78 is 1.65. The van der Waals surface area contributed by atoms with Gasteiger partial charge in [0.15, 0.2) is 5.65 Å². The Morgan fingerprint density at radius 2 is 2.31 bits per heavy atom. The van der Waals surface area contributed by atoms with Crippen molar-refractivity contribution in [3.8, 4) is 0 Å². The molecule has 6 nitrogen and oxygen atoms in total. The van der Waals surface area contributed by atoms with Gasteiger partial charge in [-0.05, 0) is 12.1 Å². The molecule has 3 N–H and O–H groups in total. The van der Waals surface area contributed by atoms with Crippen molar-refractivity contribution in [3.63, 3.8) is 0 Å². The summed E-state index contributed by atoms with van der Waals surface area (Å²) in [5.74, 6) is -0.958. The monoisotopic (exact) mass is 181 g/mol. The molecule has 0 radical (unpaired) electrons. The fourth-order valence-electron chi connectivity index (χ4n) is 0.950. The highest BCUT2D eigenvalue weighted by molar-refractivity contribution is 5.88. The van der Waals surface area contributed by atoms with E-state index in [2.05, 4.69) is 10.2 Å². The maximum absolute atomic E-state index is 10.5. The van der Waals surface area contributed by atoms with Crippen molar-refractivity contribution >= 4 is 11.6 Å². The molecule has 2 aromatic rings. The standard InChI is InChI=1S/C7H5N3O2.H2O/c11-7(12)5-1-2-10-4-8-9-6(10)3-5;/h1-4H,(H,11,12);1H2. The molecule has 0 aliphatic heterocycles. The molecule has 0 saturated carbocycles. The fourth-order valence-corrected chi connectivity index (χ4v) is 0.950. The quantitative estimate of drug-likeness (QED) is 0.647. The topological polar surface area (TPSA) is 99.0 Å². The van der Waals surface area contributed by atoms with E-state index in [-0.39, 0.29) is 11.0 Å². The predicted molar refractivity (Wildman–Crippen MR) is 43.6 cm³/mol. The van der Waals surface area contributed by atoms with Crippen LogP contribution in [0, 0.1) is 0 Å². The van der Waals surface area contributed by atoms with E-state index in [1.54, 1.807) is 10.6 Å². The number of carbonyl (C=O) groups is 1. The molecular weight excluding hydrogens is 174 g/mol. The minimum absolute atomic E-state index is 0. The Bertz CT molecular complexity index is 437. The van der Waals surface area contributed by atoms with E-state index in [0.717, 1.165) is 0 Å². The van der Waals surface area contributed by atoms with Crippen LogP contribution in [0.2, 0.25) is 0 Å². The second-order valence-electron chi connectivity index (χ2n) is 2.32. The van der Waals surface area contributed by atoms with E-state index in [0.29, 0.717) is 5.65 Å². The smallest absolute Gasteiger partial charge is 0.335 e. The molecule has 0 bridgehead atoms. The third kappa shape index (κ3) is 1.47. The average molecular weight is 181 g/mol. The Labute approximate surface area is 72.8 Å². The number of hydrogen-bond acceptors (Lipinski definition) is 3. The van der Waals surface area contributed by atoms with Gasteiger partial charge in [-0.3, -0.25) is 4.40 Å². The van der Waals surface area contributed by atoms with Crippen molar-refractivity contribution < 1.29 is 15.4 Å². The number of aromatic carboxylic acids is 1. The third-order valence-corrected chi connectivity index (χ3v) is 1.55. The average Bonchev–Trinajstić information content (AvgIpc) is 2.49. The number of carboxylic acids is 1. The van der Waals surface area contributed by atoms with E-state index >= 15 is 0 Å². The lowest BCUT2D eigenvalue weighted by Crippen LogP contribution is -1.96. The molecule has 6 heteroatoms. The molecule has 0 saturated heterocycles. The van der Waals surface area contributed by atoms with Gasteiger partial charge < -0.3 is 10.6 Å². The van der Waals surface area contributed by atoms with Crippen LogP contribution in [0.15, 0.2) is 24.7 Å². The first-order valence-corrected chi connectivity index (χ1v) is 3.30. The lowest BCUT2D eigenvalue weighted by Gasteiger charge is -1.93. The summed E-state index contributed by atoms with van der Waals surface area (Å²) in [6.45, 7) is 0. The third-order valence-electron chi connectivity index (χ3n) is 1.55. The van der Waals surface area contributed by atoms with Crippen LogP contribution in [-0.4, -0.2) is 31.2 Å². The van der Waals surface area contributed by atoms with E-state index < -0.39 is 5.97 Å². The Morgan fingerprint density at radius 3 is 3.00 bits per heavy atom. The van der Waals surface area contributed by atoms with Crippen LogP contribution in [0.3, 0.4) is 0 Å². The summed E-state index contributed by atoms with van der Waals surface area (Å²) in [5, 5.41) is 16.0. The number of aromatic nitrogens is 3. The Morgan fingerprint density at radius 1 is 1.54 bits per heavy atom. The normalized spacial score (nSPS) is 9.54. The van der Waals surface area contributed by atoms with Gasteiger partial charge in [0.25, 0.3) is 0 Å². The molecule has 2 heterocycles. The van der Waals surface area contributed by atoms with E-state index in [1.165, 1.54) is 18.5 Å². The van der Waals surface area contributed by atoms with Gasteiger partial charge in [0.2, 0.25) is 0 Å². The van der Waals surface area contributed by atoms with Crippen molar-refractivity contribution in [1.82, 2.24) is 14.6 Å². The SMILES string of the molecule is O.O=C(O)c1ccn2cnnc2c1. The first kappa shape index (κ1) is 9.14. The zero-order valence-corrected chi connectivity index (χ0v) is 6.51. The molecule has 0 amide bonds. The summed E-state index contributed by atoms with van der Waals surface area (Å²) in [4.78, 5) is 10.5. The molecule has 0 aliphatic carbocycles. The van der Waals surface area contributed by atoms with Crippen molar-refractivity contribution in [3.05, 3.63) is 30.2 Å². The van der Waals surface area contributed by atoms with E-state index in [4.69, 9.17) is 5.11 Å². The number of carboxylic acid groups (broad SMARTS) is 1. The maximum Gasteiger partial charge on any atom is 0.335 e. The molecule has 2 aromatic heterocycles. The van der Waals surface area contributed by atoms with Crippen molar-refractivity contribution in [2.75, 3.05) is 0 Å². The zero-order chi connectivity index (χ0) is 8.55. The molecule has 0 unspecified atom stereocenters. The largest absolute Gasteiger partial charge is 0.478 e. The number of rotatable bonds is 1. The van der Waals surface area contributed by atoms with Gasteiger partial charge in [0, 0.05) is 6.20 Å². The first-order valence-electron chi connectivity index (χ1n) is 3.30. The van der Waals surface area contributed by atoms with Gasteiger partial charge in [0.05, 0.1) is 5.56 Å². The lowest BCUT2D eigenvalue weighted by atomic mass is 10.3. The van der Waals surface area contributed by atoms with E-state index in [9.17, 15) is 4.79 Å². The Hall–Kier alpha value is -1.95. The van der Waals surface area contributed by atoms with Gasteiger partial charge in [-0.1, -0.05) is 0 Å². The van der Waals surface area contributed by atoms with Gasteiger partial charge in [-0.15, -0.1) is 10.2 Å². The molecule has 13 heavy (non-hydrogen) atoms. The minimum Gasteiger partial charge on any atom is -0.478 e. The van der Waals surface area contributed by atoms with Crippen LogP contribution in [0.25, 0.3) is 5.65 Å². The lowest BCUT2D eigenvalue weighted by molar-refractivity contribution is 0.0697. The first-order chi connectivity index (χ1) is 5.77. The van der Waals surface area contributed by atoms with Gasteiger partial charge >= 0.3 is 5.97 Å². The predicted octanol–water partition coefficient (Wildman–Crippen LogP) is -0.397. The Kier molecular flexibility index (Phi) is 2.25. The maximum atomic E-state index is 10.5.